The number of hydrogen-bond acceptors (Lipinski definition) is 5. The van der Waals surface area contributed by atoms with E-state index in [9.17, 15) is 0 Å². The molecule has 0 aliphatic carbocycles. The Morgan fingerprint density at radius 3 is 2.71 bits per heavy atom. The van der Waals surface area contributed by atoms with Crippen molar-refractivity contribution in [1.29, 1.82) is 0 Å². The number of aromatic nitrogens is 3. The fourth-order valence-electron chi connectivity index (χ4n) is 2.55. The quantitative estimate of drug-likeness (QED) is 0.905. The van der Waals surface area contributed by atoms with Gasteiger partial charge in [0.05, 0.1) is 0 Å². The van der Waals surface area contributed by atoms with Gasteiger partial charge in [0.25, 0.3) is 0 Å². The van der Waals surface area contributed by atoms with E-state index < -0.39 is 0 Å². The summed E-state index contributed by atoms with van der Waals surface area (Å²) in [5, 5.41) is 6.97. The third-order valence-electron chi connectivity index (χ3n) is 3.99. The highest BCUT2D eigenvalue weighted by Crippen LogP contribution is 2.22. The van der Waals surface area contributed by atoms with Crippen molar-refractivity contribution in [2.75, 3.05) is 18.4 Å². The normalized spacial score (nSPS) is 15.9. The summed E-state index contributed by atoms with van der Waals surface area (Å²) in [7, 11) is 0. The van der Waals surface area contributed by atoms with Crippen LogP contribution in [0.5, 0.6) is 0 Å². The molecule has 2 aromatic rings. The molecule has 1 saturated heterocycles. The average molecular weight is 283 g/mol. The van der Waals surface area contributed by atoms with Crippen molar-refractivity contribution in [2.45, 2.75) is 32.7 Å². The van der Waals surface area contributed by atoms with Crippen molar-refractivity contribution in [3.05, 3.63) is 35.8 Å². The monoisotopic (exact) mass is 283 g/mol. The number of aryl methyl sites for hydroxylation is 1. The van der Waals surface area contributed by atoms with E-state index in [-0.39, 0.29) is 0 Å². The van der Waals surface area contributed by atoms with Gasteiger partial charge in [-0.3, -0.25) is 4.98 Å². The van der Waals surface area contributed by atoms with Crippen LogP contribution in [0.25, 0.3) is 11.4 Å². The van der Waals surface area contributed by atoms with Gasteiger partial charge < -0.3 is 10.6 Å². The van der Waals surface area contributed by atoms with E-state index in [1.807, 2.05) is 19.1 Å². The van der Waals surface area contributed by atoms with Crippen LogP contribution in [0.3, 0.4) is 0 Å². The summed E-state index contributed by atoms with van der Waals surface area (Å²) < 4.78 is 0. The number of nitrogens with one attached hydrogen (secondary N) is 2. The van der Waals surface area contributed by atoms with Gasteiger partial charge in [-0.05, 0) is 51.9 Å². The van der Waals surface area contributed by atoms with Crippen LogP contribution in [0.1, 0.15) is 24.1 Å². The molecule has 5 heteroatoms. The van der Waals surface area contributed by atoms with Crippen molar-refractivity contribution in [1.82, 2.24) is 20.3 Å². The SMILES string of the molecule is Cc1nc(-c2cccnc2)nc(NC2CCNCC2)c1C. The maximum atomic E-state index is 4.71. The molecule has 3 rings (SSSR count). The summed E-state index contributed by atoms with van der Waals surface area (Å²) >= 11 is 0. The topological polar surface area (TPSA) is 62.7 Å². The first kappa shape index (κ1) is 13.9. The van der Waals surface area contributed by atoms with E-state index in [0.29, 0.717) is 6.04 Å². The van der Waals surface area contributed by atoms with Crippen LogP contribution >= 0.6 is 0 Å². The zero-order valence-electron chi connectivity index (χ0n) is 12.6. The molecule has 3 heterocycles. The molecule has 0 radical (unpaired) electrons. The van der Waals surface area contributed by atoms with Gasteiger partial charge >= 0.3 is 0 Å². The maximum Gasteiger partial charge on any atom is 0.163 e. The lowest BCUT2D eigenvalue weighted by Crippen LogP contribution is -2.35. The fraction of sp³-hybridized carbons (Fsp3) is 0.438. The Labute approximate surface area is 125 Å². The Kier molecular flexibility index (Phi) is 4.10. The van der Waals surface area contributed by atoms with E-state index in [2.05, 4.69) is 27.5 Å². The number of hydrogen-bond donors (Lipinski definition) is 2. The highest BCUT2D eigenvalue weighted by Gasteiger charge is 2.16. The lowest BCUT2D eigenvalue weighted by Gasteiger charge is -2.25. The summed E-state index contributed by atoms with van der Waals surface area (Å²) in [6.45, 7) is 6.24. The summed E-state index contributed by atoms with van der Waals surface area (Å²) in [5.74, 6) is 1.69. The highest BCUT2D eigenvalue weighted by atomic mass is 15.1. The van der Waals surface area contributed by atoms with Crippen LogP contribution in [0.4, 0.5) is 5.82 Å². The molecule has 0 atom stereocenters. The van der Waals surface area contributed by atoms with Crippen molar-refractivity contribution in [3.8, 4) is 11.4 Å². The second-order valence-electron chi connectivity index (χ2n) is 5.52. The van der Waals surface area contributed by atoms with E-state index in [1.54, 1.807) is 12.4 Å². The first-order valence-electron chi connectivity index (χ1n) is 7.47. The van der Waals surface area contributed by atoms with Gasteiger partial charge in [-0.15, -0.1) is 0 Å². The maximum absolute atomic E-state index is 4.71. The molecule has 0 amide bonds. The van der Waals surface area contributed by atoms with E-state index in [4.69, 9.17) is 4.98 Å². The summed E-state index contributed by atoms with van der Waals surface area (Å²) in [4.78, 5) is 13.5. The van der Waals surface area contributed by atoms with Crippen LogP contribution in [-0.4, -0.2) is 34.1 Å². The van der Waals surface area contributed by atoms with Gasteiger partial charge in [0.2, 0.25) is 0 Å². The van der Waals surface area contributed by atoms with E-state index in [1.165, 1.54) is 0 Å². The fourth-order valence-corrected chi connectivity index (χ4v) is 2.55. The second-order valence-corrected chi connectivity index (χ2v) is 5.52. The van der Waals surface area contributed by atoms with Gasteiger partial charge in [-0.1, -0.05) is 0 Å². The molecule has 2 aromatic heterocycles. The van der Waals surface area contributed by atoms with Crippen LogP contribution in [-0.2, 0) is 0 Å². The third-order valence-corrected chi connectivity index (χ3v) is 3.99. The molecule has 5 nitrogen and oxygen atoms in total. The zero-order valence-corrected chi connectivity index (χ0v) is 12.6. The van der Waals surface area contributed by atoms with Crippen molar-refractivity contribution < 1.29 is 0 Å². The standard InChI is InChI=1S/C16H21N5/c1-11-12(2)19-16(13-4-3-7-18-10-13)21-15(11)20-14-5-8-17-9-6-14/h3-4,7,10,14,17H,5-6,8-9H2,1-2H3,(H,19,20,21). The number of pyridine rings is 1. The third kappa shape index (κ3) is 3.19. The first-order valence-corrected chi connectivity index (χ1v) is 7.47. The molecule has 0 spiro atoms. The Morgan fingerprint density at radius 1 is 1.19 bits per heavy atom. The van der Waals surface area contributed by atoms with Gasteiger partial charge in [-0.2, -0.15) is 0 Å². The largest absolute Gasteiger partial charge is 0.367 e. The van der Waals surface area contributed by atoms with Gasteiger partial charge in [0.15, 0.2) is 5.82 Å². The Hall–Kier alpha value is -2.01. The predicted octanol–water partition coefficient (Wildman–Crippen LogP) is 2.32. The van der Waals surface area contributed by atoms with Crippen LogP contribution in [0.2, 0.25) is 0 Å². The van der Waals surface area contributed by atoms with E-state index >= 15 is 0 Å². The molecule has 0 bridgehead atoms. The number of rotatable bonds is 3. The summed E-state index contributed by atoms with van der Waals surface area (Å²) in [5.41, 5.74) is 3.09. The Morgan fingerprint density at radius 2 is 2.00 bits per heavy atom. The summed E-state index contributed by atoms with van der Waals surface area (Å²) in [6.07, 6.45) is 5.83. The molecule has 0 saturated carbocycles. The minimum absolute atomic E-state index is 0.487. The smallest absolute Gasteiger partial charge is 0.163 e. The van der Waals surface area contributed by atoms with Crippen LogP contribution in [0, 0.1) is 13.8 Å². The molecule has 1 aliphatic heterocycles. The van der Waals surface area contributed by atoms with E-state index in [0.717, 1.165) is 54.4 Å². The number of nitrogens with zero attached hydrogens (tertiary/aromatic N) is 3. The van der Waals surface area contributed by atoms with Crippen LogP contribution in [0.15, 0.2) is 24.5 Å². The molecule has 1 fully saturated rings. The molecule has 1 aliphatic rings. The minimum Gasteiger partial charge on any atom is -0.367 e. The molecule has 2 N–H and O–H groups in total. The van der Waals surface area contributed by atoms with Crippen molar-refractivity contribution in [3.63, 3.8) is 0 Å². The lowest BCUT2D eigenvalue weighted by atomic mass is 10.1. The molecular formula is C16H21N5. The zero-order chi connectivity index (χ0) is 14.7. The van der Waals surface area contributed by atoms with Gasteiger partial charge in [0.1, 0.15) is 5.82 Å². The van der Waals surface area contributed by atoms with Crippen molar-refractivity contribution in [2.24, 2.45) is 0 Å². The predicted molar refractivity (Wildman–Crippen MR) is 84.3 cm³/mol. The lowest BCUT2D eigenvalue weighted by molar-refractivity contribution is 0.478. The Bertz CT molecular complexity index is 606. The number of piperidine rings is 1. The highest BCUT2D eigenvalue weighted by molar-refractivity contribution is 5.58. The van der Waals surface area contributed by atoms with Gasteiger partial charge in [0, 0.05) is 35.3 Å². The molecule has 21 heavy (non-hydrogen) atoms. The second kappa shape index (κ2) is 6.18. The molecule has 0 aromatic carbocycles. The average Bonchev–Trinajstić information content (AvgIpc) is 2.53. The Balaban J connectivity index is 1.90. The minimum atomic E-state index is 0.487. The van der Waals surface area contributed by atoms with Gasteiger partial charge in [-0.25, -0.2) is 9.97 Å². The number of anilines is 1. The molecule has 0 unspecified atom stereocenters. The molecular weight excluding hydrogens is 262 g/mol. The molecule has 110 valence electrons. The first-order chi connectivity index (χ1) is 10.2. The van der Waals surface area contributed by atoms with Crippen molar-refractivity contribution >= 4 is 5.82 Å². The summed E-state index contributed by atoms with van der Waals surface area (Å²) in [6, 6.07) is 4.39. The van der Waals surface area contributed by atoms with Crippen LogP contribution < -0.4 is 10.6 Å².